The van der Waals surface area contributed by atoms with Crippen LogP contribution in [0.25, 0.3) is 0 Å². The number of nitrogens with zero attached hydrogens (tertiary/aromatic N) is 1. The molecule has 1 aromatic carbocycles. The summed E-state index contributed by atoms with van der Waals surface area (Å²) in [6.45, 7) is 1.00. The van der Waals surface area contributed by atoms with Crippen molar-refractivity contribution < 1.29 is 27.1 Å². The highest BCUT2D eigenvalue weighted by molar-refractivity contribution is 5.80. The maximum Gasteiger partial charge on any atom is 0.382 e. The maximum absolute atomic E-state index is 13.6. The zero-order chi connectivity index (χ0) is 13.9. The molecule has 0 radical (unpaired) electrons. The molecule has 0 aliphatic carbocycles. The zero-order valence-electron chi connectivity index (χ0n) is 9.14. The van der Waals surface area contributed by atoms with Crippen molar-refractivity contribution in [1.29, 1.82) is 5.26 Å². The smallest absolute Gasteiger partial charge is 0.382 e. The number of hydrogen-bond donors (Lipinski definition) is 0. The summed E-state index contributed by atoms with van der Waals surface area (Å²) < 4.78 is 57.0. The number of esters is 1. The molecule has 0 saturated heterocycles. The second kappa shape index (κ2) is 5.04. The first-order valence-electron chi connectivity index (χ1n) is 4.79. The number of halogens is 4. The first-order chi connectivity index (χ1) is 8.34. The molecule has 0 aliphatic rings. The fourth-order valence-corrected chi connectivity index (χ4v) is 1.23. The van der Waals surface area contributed by atoms with Crippen LogP contribution in [0, 0.1) is 23.0 Å². The summed E-state index contributed by atoms with van der Waals surface area (Å²) in [5, 5.41) is 8.58. The average molecular weight is 261 g/mol. The van der Waals surface area contributed by atoms with Gasteiger partial charge in [0.2, 0.25) is 0 Å². The van der Waals surface area contributed by atoms with Gasteiger partial charge in [-0.2, -0.15) is 14.0 Å². The molecule has 0 heterocycles. The van der Waals surface area contributed by atoms with Gasteiger partial charge in [-0.15, -0.1) is 0 Å². The predicted molar refractivity (Wildman–Crippen MR) is 51.6 cm³/mol. The molecule has 0 atom stereocenters. The summed E-state index contributed by atoms with van der Waals surface area (Å²) >= 11 is 0. The van der Waals surface area contributed by atoms with Crippen LogP contribution in [0.15, 0.2) is 12.1 Å². The number of carbonyl (C=O) groups is 1. The molecule has 0 unspecified atom stereocenters. The summed E-state index contributed by atoms with van der Waals surface area (Å²) in [7, 11) is 0. The third-order valence-electron chi connectivity index (χ3n) is 2.05. The summed E-state index contributed by atoms with van der Waals surface area (Å²) in [5.74, 6) is -9.16. The molecule has 0 spiro atoms. The van der Waals surface area contributed by atoms with Gasteiger partial charge in [-0.05, 0) is 19.1 Å². The van der Waals surface area contributed by atoms with E-state index in [9.17, 15) is 22.4 Å². The van der Waals surface area contributed by atoms with Gasteiger partial charge in [0.05, 0.1) is 23.8 Å². The monoisotopic (exact) mass is 261 g/mol. The van der Waals surface area contributed by atoms with Crippen LogP contribution >= 0.6 is 0 Å². The topological polar surface area (TPSA) is 50.1 Å². The van der Waals surface area contributed by atoms with E-state index in [-0.39, 0.29) is 12.7 Å². The lowest BCUT2D eigenvalue weighted by molar-refractivity contribution is -0.173. The summed E-state index contributed by atoms with van der Waals surface area (Å²) in [5.41, 5.74) is -2.05. The molecule has 96 valence electrons. The Morgan fingerprint density at radius 1 is 1.39 bits per heavy atom. The number of hydrogen-bond acceptors (Lipinski definition) is 3. The van der Waals surface area contributed by atoms with Gasteiger partial charge in [-0.1, -0.05) is 0 Å². The molecule has 3 nitrogen and oxygen atoms in total. The highest BCUT2D eigenvalue weighted by Crippen LogP contribution is 2.33. The normalized spacial score (nSPS) is 10.9. The highest BCUT2D eigenvalue weighted by Gasteiger charge is 2.45. The number of nitriles is 1. The number of benzene rings is 1. The van der Waals surface area contributed by atoms with Gasteiger partial charge < -0.3 is 4.74 Å². The van der Waals surface area contributed by atoms with Crippen LogP contribution in [0.5, 0.6) is 0 Å². The van der Waals surface area contributed by atoms with Crippen molar-refractivity contribution in [1.82, 2.24) is 0 Å². The SMILES string of the molecule is CCOC(=O)C(F)(F)c1cc(F)c(F)cc1C#N. The molecule has 0 amide bonds. The molecule has 0 fully saturated rings. The second-order valence-electron chi connectivity index (χ2n) is 3.22. The molecule has 1 aromatic rings. The van der Waals surface area contributed by atoms with Crippen molar-refractivity contribution in [2.45, 2.75) is 12.8 Å². The Morgan fingerprint density at radius 2 is 1.94 bits per heavy atom. The van der Waals surface area contributed by atoms with Crippen LogP contribution in [0.3, 0.4) is 0 Å². The van der Waals surface area contributed by atoms with E-state index in [2.05, 4.69) is 4.74 Å². The minimum Gasteiger partial charge on any atom is -0.461 e. The quantitative estimate of drug-likeness (QED) is 0.620. The molecule has 0 aromatic heterocycles. The van der Waals surface area contributed by atoms with Crippen LogP contribution in [-0.4, -0.2) is 12.6 Å². The Kier molecular flexibility index (Phi) is 3.91. The third-order valence-corrected chi connectivity index (χ3v) is 2.05. The van der Waals surface area contributed by atoms with Crippen molar-refractivity contribution in [3.05, 3.63) is 34.9 Å². The first-order valence-corrected chi connectivity index (χ1v) is 4.79. The largest absolute Gasteiger partial charge is 0.461 e. The Morgan fingerprint density at radius 3 is 2.44 bits per heavy atom. The van der Waals surface area contributed by atoms with E-state index >= 15 is 0 Å². The number of rotatable bonds is 3. The lowest BCUT2D eigenvalue weighted by Crippen LogP contribution is -2.29. The maximum atomic E-state index is 13.6. The van der Waals surface area contributed by atoms with Crippen molar-refractivity contribution in [2.75, 3.05) is 6.61 Å². The lowest BCUT2D eigenvalue weighted by Gasteiger charge is -2.16. The van der Waals surface area contributed by atoms with Crippen LogP contribution < -0.4 is 0 Å². The van der Waals surface area contributed by atoms with Crippen LogP contribution in [-0.2, 0) is 15.5 Å². The molecule has 0 saturated carbocycles. The molecular weight excluding hydrogens is 254 g/mol. The van der Waals surface area contributed by atoms with Gasteiger partial charge in [0.1, 0.15) is 0 Å². The Balaban J connectivity index is 3.36. The Hall–Kier alpha value is -2.10. The summed E-state index contributed by atoms with van der Waals surface area (Å²) in [6, 6.07) is 1.69. The van der Waals surface area contributed by atoms with Crippen LogP contribution in [0.1, 0.15) is 18.1 Å². The summed E-state index contributed by atoms with van der Waals surface area (Å²) in [6.07, 6.45) is 0. The van der Waals surface area contributed by atoms with Gasteiger partial charge in [-0.3, -0.25) is 0 Å². The predicted octanol–water partition coefficient (Wildman–Crippen LogP) is 2.49. The highest BCUT2D eigenvalue weighted by atomic mass is 19.3. The molecule has 18 heavy (non-hydrogen) atoms. The van der Waals surface area contributed by atoms with E-state index in [0.29, 0.717) is 6.07 Å². The number of ether oxygens (including phenoxy) is 1. The van der Waals surface area contributed by atoms with E-state index < -0.39 is 34.7 Å². The van der Waals surface area contributed by atoms with Gasteiger partial charge in [0.15, 0.2) is 11.6 Å². The third kappa shape index (κ3) is 2.42. The molecule has 0 aliphatic heterocycles. The van der Waals surface area contributed by atoms with E-state index in [1.165, 1.54) is 13.0 Å². The number of carbonyl (C=O) groups excluding carboxylic acids is 1. The van der Waals surface area contributed by atoms with Gasteiger partial charge >= 0.3 is 11.9 Å². The minimum atomic E-state index is -4.21. The molecule has 0 N–H and O–H groups in total. The van der Waals surface area contributed by atoms with Crippen molar-refractivity contribution in [3.8, 4) is 6.07 Å². The van der Waals surface area contributed by atoms with E-state index in [0.717, 1.165) is 0 Å². The average Bonchev–Trinajstić information content (AvgIpc) is 2.32. The van der Waals surface area contributed by atoms with Crippen LogP contribution in [0.2, 0.25) is 0 Å². The molecule has 1 rings (SSSR count). The van der Waals surface area contributed by atoms with Crippen molar-refractivity contribution in [2.24, 2.45) is 0 Å². The standard InChI is InChI=1S/C11H7F4NO2/c1-2-18-10(17)11(14,15)7-4-9(13)8(12)3-6(7)5-16/h3-4H,2H2,1H3. The van der Waals surface area contributed by atoms with Gasteiger partial charge in [-0.25, -0.2) is 13.6 Å². The van der Waals surface area contributed by atoms with E-state index in [1.54, 1.807) is 0 Å². The van der Waals surface area contributed by atoms with Gasteiger partial charge in [0.25, 0.3) is 0 Å². The minimum absolute atomic E-state index is 0.116. The van der Waals surface area contributed by atoms with E-state index in [4.69, 9.17) is 5.26 Å². The molecule has 7 heteroatoms. The lowest BCUT2D eigenvalue weighted by atomic mass is 10.0. The summed E-state index contributed by atoms with van der Waals surface area (Å²) in [4.78, 5) is 11.0. The molecule has 0 bridgehead atoms. The van der Waals surface area contributed by atoms with Crippen molar-refractivity contribution in [3.63, 3.8) is 0 Å². The molecular formula is C11H7F4NO2. The zero-order valence-corrected chi connectivity index (χ0v) is 9.14. The fourth-order valence-electron chi connectivity index (χ4n) is 1.23. The van der Waals surface area contributed by atoms with Gasteiger partial charge in [0, 0.05) is 0 Å². The van der Waals surface area contributed by atoms with Crippen LogP contribution in [0.4, 0.5) is 17.6 Å². The Labute approximate surface area is 99.6 Å². The second-order valence-corrected chi connectivity index (χ2v) is 3.22. The number of alkyl halides is 2. The van der Waals surface area contributed by atoms with Crippen molar-refractivity contribution >= 4 is 5.97 Å². The first kappa shape index (κ1) is 14.0. The fraction of sp³-hybridized carbons (Fsp3) is 0.273. The Bertz CT molecular complexity index is 523. The van der Waals surface area contributed by atoms with E-state index in [1.807, 2.05) is 0 Å².